The van der Waals surface area contributed by atoms with Gasteiger partial charge in [0.2, 0.25) is 5.91 Å². The number of likely N-dealkylation sites (tertiary alicyclic amines) is 1. The molecule has 2 atom stereocenters. The number of nitrogens with two attached hydrogens (primary N) is 2. The smallest absolute Gasteiger partial charge is 0.326 e. The number of carbonyl (C=O) groups is 2. The van der Waals surface area contributed by atoms with Crippen molar-refractivity contribution in [3.05, 3.63) is 12.7 Å². The molecule has 1 aliphatic heterocycles. The van der Waals surface area contributed by atoms with Crippen molar-refractivity contribution in [2.24, 2.45) is 22.4 Å². The number of hydrogen-bond acceptors (Lipinski definition) is 3. The lowest BCUT2D eigenvalue weighted by Crippen LogP contribution is -2.42. The van der Waals surface area contributed by atoms with Gasteiger partial charge in [-0.05, 0) is 12.8 Å². The maximum absolute atomic E-state index is 11.8. The number of aliphatic carboxylic acids is 1. The Morgan fingerprint density at radius 2 is 2.32 bits per heavy atom. The van der Waals surface area contributed by atoms with Crippen LogP contribution < -0.4 is 11.5 Å². The molecule has 1 rings (SSSR count). The van der Waals surface area contributed by atoms with Gasteiger partial charge in [-0.3, -0.25) is 9.79 Å². The number of nitrogens with zero attached hydrogens (tertiary/aromatic N) is 2. The molecule has 0 aromatic rings. The third-order valence-electron chi connectivity index (χ3n) is 3.11. The summed E-state index contributed by atoms with van der Waals surface area (Å²) in [5.41, 5.74) is 10.4. The van der Waals surface area contributed by atoms with Gasteiger partial charge in [0, 0.05) is 25.4 Å². The first-order valence-corrected chi connectivity index (χ1v) is 6.16. The molecule has 0 bridgehead atoms. The molecule has 7 nitrogen and oxygen atoms in total. The maximum Gasteiger partial charge on any atom is 0.326 e. The summed E-state index contributed by atoms with van der Waals surface area (Å²) in [7, 11) is 0. The Morgan fingerprint density at radius 1 is 1.63 bits per heavy atom. The molecule has 5 N–H and O–H groups in total. The Balaban J connectivity index is 2.58. The van der Waals surface area contributed by atoms with Crippen LogP contribution in [0.25, 0.3) is 0 Å². The Labute approximate surface area is 112 Å². The molecule has 0 saturated carbocycles. The molecule has 0 spiro atoms. The summed E-state index contributed by atoms with van der Waals surface area (Å²) < 4.78 is 0. The van der Waals surface area contributed by atoms with Crippen molar-refractivity contribution in [2.75, 3.05) is 13.1 Å². The third-order valence-corrected chi connectivity index (χ3v) is 3.11. The van der Waals surface area contributed by atoms with Gasteiger partial charge >= 0.3 is 5.97 Å². The van der Waals surface area contributed by atoms with Crippen LogP contribution in [-0.4, -0.2) is 47.0 Å². The predicted octanol–water partition coefficient (Wildman–Crippen LogP) is -0.472. The molecule has 1 amide bonds. The van der Waals surface area contributed by atoms with Crippen molar-refractivity contribution in [3.63, 3.8) is 0 Å². The van der Waals surface area contributed by atoms with Gasteiger partial charge in [0.1, 0.15) is 6.04 Å². The van der Waals surface area contributed by atoms with Gasteiger partial charge in [0.25, 0.3) is 0 Å². The molecule has 1 aliphatic rings. The van der Waals surface area contributed by atoms with Gasteiger partial charge < -0.3 is 21.5 Å². The fraction of sp³-hybridized carbons (Fsp3) is 0.583. The minimum Gasteiger partial charge on any atom is -0.480 e. The van der Waals surface area contributed by atoms with Gasteiger partial charge in [-0.1, -0.05) is 6.08 Å². The van der Waals surface area contributed by atoms with Crippen LogP contribution >= 0.6 is 0 Å². The first-order chi connectivity index (χ1) is 8.95. The molecule has 0 aromatic heterocycles. The summed E-state index contributed by atoms with van der Waals surface area (Å²) in [6, 6.07) is -0.813. The lowest BCUT2D eigenvalue weighted by Gasteiger charge is -2.24. The highest BCUT2D eigenvalue weighted by molar-refractivity contribution is 5.85. The molecule has 106 valence electrons. The lowest BCUT2D eigenvalue weighted by atomic mass is 10.1. The van der Waals surface area contributed by atoms with E-state index in [1.165, 1.54) is 4.90 Å². The van der Waals surface area contributed by atoms with E-state index in [1.54, 1.807) is 6.08 Å². The number of carbonyl (C=O) groups excluding carboxylic acids is 1. The highest BCUT2D eigenvalue weighted by Crippen LogP contribution is 2.22. The number of rotatable bonds is 7. The summed E-state index contributed by atoms with van der Waals surface area (Å²) in [6.45, 7) is 4.42. The van der Waals surface area contributed by atoms with Gasteiger partial charge in [-0.15, -0.1) is 6.58 Å². The zero-order valence-electron chi connectivity index (χ0n) is 10.8. The Bertz CT molecular complexity index is 390. The van der Waals surface area contributed by atoms with Crippen molar-refractivity contribution in [1.82, 2.24) is 4.90 Å². The summed E-state index contributed by atoms with van der Waals surface area (Å²) in [5.74, 6) is -1.12. The lowest BCUT2D eigenvalue weighted by molar-refractivity contribution is -0.148. The van der Waals surface area contributed by atoms with Crippen molar-refractivity contribution < 1.29 is 14.7 Å². The number of amides is 1. The first kappa shape index (κ1) is 15.0. The van der Waals surface area contributed by atoms with Gasteiger partial charge in [-0.25, -0.2) is 4.79 Å². The molecule has 7 heteroatoms. The fourth-order valence-corrected chi connectivity index (χ4v) is 2.12. The fourth-order valence-electron chi connectivity index (χ4n) is 2.12. The van der Waals surface area contributed by atoms with Crippen LogP contribution in [-0.2, 0) is 9.59 Å². The first-order valence-electron chi connectivity index (χ1n) is 6.16. The molecular weight excluding hydrogens is 248 g/mol. The van der Waals surface area contributed by atoms with Crippen molar-refractivity contribution in [3.8, 4) is 0 Å². The van der Waals surface area contributed by atoms with Crippen LogP contribution in [0.5, 0.6) is 0 Å². The standard InChI is InChI=1S/C12H20N4O3/c1-2-8-6-10(17)16(7-8)9(11(18)19)4-3-5-15-12(13)14/h2,8-9H,1,3-7H2,(H,18,19)(H4,13,14,15)/t8?,9-/m0/s1. The summed E-state index contributed by atoms with van der Waals surface area (Å²) in [4.78, 5) is 28.2. The number of aliphatic imine (C=N–C) groups is 1. The highest BCUT2D eigenvalue weighted by atomic mass is 16.4. The third kappa shape index (κ3) is 4.27. The monoisotopic (exact) mass is 268 g/mol. The molecule has 1 saturated heterocycles. The van der Waals surface area contributed by atoms with Crippen LogP contribution in [0.4, 0.5) is 0 Å². The SMILES string of the molecule is C=CC1CC(=O)N([C@@H](CCCN=C(N)N)C(=O)O)C1. The molecule has 0 radical (unpaired) electrons. The molecule has 1 unspecified atom stereocenters. The molecule has 19 heavy (non-hydrogen) atoms. The van der Waals surface area contributed by atoms with E-state index in [0.717, 1.165) is 0 Å². The number of carboxylic acids is 1. The maximum atomic E-state index is 11.8. The second-order valence-electron chi connectivity index (χ2n) is 4.55. The quantitative estimate of drug-likeness (QED) is 0.249. The van der Waals surface area contributed by atoms with E-state index >= 15 is 0 Å². The molecule has 0 aliphatic carbocycles. The van der Waals surface area contributed by atoms with E-state index in [1.807, 2.05) is 0 Å². The van der Waals surface area contributed by atoms with Crippen LogP contribution in [0.3, 0.4) is 0 Å². The second-order valence-corrected chi connectivity index (χ2v) is 4.55. The van der Waals surface area contributed by atoms with Crippen LogP contribution in [0, 0.1) is 5.92 Å². The zero-order valence-corrected chi connectivity index (χ0v) is 10.8. The van der Waals surface area contributed by atoms with E-state index in [-0.39, 0.29) is 17.8 Å². The van der Waals surface area contributed by atoms with Crippen molar-refractivity contribution in [2.45, 2.75) is 25.3 Å². The number of guanidine groups is 1. The average molecular weight is 268 g/mol. The van der Waals surface area contributed by atoms with Gasteiger partial charge in [0.15, 0.2) is 5.96 Å². The molecule has 1 fully saturated rings. The van der Waals surface area contributed by atoms with Crippen molar-refractivity contribution >= 4 is 17.8 Å². The molecular formula is C12H20N4O3. The van der Waals surface area contributed by atoms with Gasteiger partial charge in [0.05, 0.1) is 0 Å². The Hall–Kier alpha value is -2.05. The van der Waals surface area contributed by atoms with E-state index in [0.29, 0.717) is 32.4 Å². The minimum atomic E-state index is -0.997. The van der Waals surface area contributed by atoms with Crippen LogP contribution in [0.2, 0.25) is 0 Å². The van der Waals surface area contributed by atoms with E-state index in [9.17, 15) is 14.7 Å². The van der Waals surface area contributed by atoms with E-state index < -0.39 is 12.0 Å². The predicted molar refractivity (Wildman–Crippen MR) is 71.4 cm³/mol. The minimum absolute atomic E-state index is 0.0177. The zero-order chi connectivity index (χ0) is 14.4. The number of carboxylic acid groups (broad SMARTS) is 1. The van der Waals surface area contributed by atoms with Crippen molar-refractivity contribution in [1.29, 1.82) is 0 Å². The number of hydrogen-bond donors (Lipinski definition) is 3. The largest absolute Gasteiger partial charge is 0.480 e. The van der Waals surface area contributed by atoms with Crippen LogP contribution in [0.1, 0.15) is 19.3 Å². The Morgan fingerprint density at radius 3 is 2.79 bits per heavy atom. The summed E-state index contributed by atoms with van der Waals surface area (Å²) in [5, 5.41) is 9.21. The molecule has 1 heterocycles. The van der Waals surface area contributed by atoms with Gasteiger partial charge in [-0.2, -0.15) is 0 Å². The summed E-state index contributed by atoms with van der Waals surface area (Å²) >= 11 is 0. The van der Waals surface area contributed by atoms with Crippen LogP contribution in [0.15, 0.2) is 17.6 Å². The topological polar surface area (TPSA) is 122 Å². The highest BCUT2D eigenvalue weighted by Gasteiger charge is 2.36. The average Bonchev–Trinajstić information content (AvgIpc) is 2.69. The Kier molecular flexibility index (Phi) is 5.35. The molecule has 0 aromatic carbocycles. The summed E-state index contributed by atoms with van der Waals surface area (Å²) in [6.07, 6.45) is 2.87. The van der Waals surface area contributed by atoms with E-state index in [4.69, 9.17) is 11.5 Å². The normalized spacial score (nSPS) is 20.1. The second kappa shape index (κ2) is 6.77. The van der Waals surface area contributed by atoms with E-state index in [2.05, 4.69) is 11.6 Å².